The fraction of sp³-hybridized carbons (Fsp3) is 0.667. The average Bonchev–Trinajstić information content (AvgIpc) is 2.02. The molecular formula is C9H18N2O. The van der Waals surface area contributed by atoms with Gasteiger partial charge >= 0.3 is 0 Å². The number of hydrogen-bond acceptors (Lipinski definition) is 3. The molecular weight excluding hydrogens is 152 g/mol. The lowest BCUT2D eigenvalue weighted by Gasteiger charge is -2.26. The quantitative estimate of drug-likeness (QED) is 0.434. The second-order valence-corrected chi connectivity index (χ2v) is 3.10. The van der Waals surface area contributed by atoms with Gasteiger partial charge in [0.15, 0.2) is 0 Å². The SMILES string of the molecule is C=CCC(N)(CCN)CCC=O. The van der Waals surface area contributed by atoms with Crippen LogP contribution < -0.4 is 11.5 Å². The summed E-state index contributed by atoms with van der Waals surface area (Å²) in [5, 5.41) is 0. The van der Waals surface area contributed by atoms with Crippen LogP contribution in [0.25, 0.3) is 0 Å². The Labute approximate surface area is 73.8 Å². The van der Waals surface area contributed by atoms with Crippen molar-refractivity contribution in [2.75, 3.05) is 6.54 Å². The molecule has 12 heavy (non-hydrogen) atoms. The van der Waals surface area contributed by atoms with Crippen LogP contribution in [0.2, 0.25) is 0 Å². The van der Waals surface area contributed by atoms with Crippen LogP contribution in [0.15, 0.2) is 12.7 Å². The first-order valence-electron chi connectivity index (χ1n) is 4.22. The molecule has 0 aliphatic rings. The average molecular weight is 170 g/mol. The van der Waals surface area contributed by atoms with E-state index >= 15 is 0 Å². The zero-order valence-electron chi connectivity index (χ0n) is 7.46. The van der Waals surface area contributed by atoms with Gasteiger partial charge in [0, 0.05) is 12.0 Å². The zero-order valence-corrected chi connectivity index (χ0v) is 7.46. The Morgan fingerprint density at radius 1 is 1.42 bits per heavy atom. The first kappa shape index (κ1) is 11.3. The van der Waals surface area contributed by atoms with Crippen molar-refractivity contribution in [3.8, 4) is 0 Å². The molecule has 1 unspecified atom stereocenters. The van der Waals surface area contributed by atoms with Crippen LogP contribution in [0.3, 0.4) is 0 Å². The van der Waals surface area contributed by atoms with E-state index in [4.69, 9.17) is 11.5 Å². The summed E-state index contributed by atoms with van der Waals surface area (Å²) in [6.45, 7) is 4.19. The standard InChI is InChI=1S/C9H18N2O/c1-2-4-9(11,6-7-10)5-3-8-12/h2,8H,1,3-7,10-11H2. The van der Waals surface area contributed by atoms with Gasteiger partial charge in [0.1, 0.15) is 6.29 Å². The predicted molar refractivity (Wildman–Crippen MR) is 50.7 cm³/mol. The first-order chi connectivity index (χ1) is 5.68. The van der Waals surface area contributed by atoms with Gasteiger partial charge in [-0.25, -0.2) is 0 Å². The molecule has 0 rings (SSSR count). The van der Waals surface area contributed by atoms with E-state index in [9.17, 15) is 4.79 Å². The molecule has 0 aliphatic carbocycles. The van der Waals surface area contributed by atoms with Crippen molar-refractivity contribution in [2.24, 2.45) is 11.5 Å². The first-order valence-corrected chi connectivity index (χ1v) is 4.22. The van der Waals surface area contributed by atoms with Crippen molar-refractivity contribution >= 4 is 6.29 Å². The largest absolute Gasteiger partial charge is 0.330 e. The van der Waals surface area contributed by atoms with E-state index in [1.807, 2.05) is 0 Å². The molecule has 0 bridgehead atoms. The summed E-state index contributed by atoms with van der Waals surface area (Å²) in [7, 11) is 0. The summed E-state index contributed by atoms with van der Waals surface area (Å²) in [6.07, 6.45) is 5.33. The molecule has 1 atom stereocenters. The lowest BCUT2D eigenvalue weighted by molar-refractivity contribution is -0.108. The monoisotopic (exact) mass is 170 g/mol. The highest BCUT2D eigenvalue weighted by Gasteiger charge is 2.21. The van der Waals surface area contributed by atoms with Crippen molar-refractivity contribution in [3.05, 3.63) is 12.7 Å². The molecule has 0 aliphatic heterocycles. The summed E-state index contributed by atoms with van der Waals surface area (Å²) < 4.78 is 0. The maximum Gasteiger partial charge on any atom is 0.120 e. The van der Waals surface area contributed by atoms with Gasteiger partial charge in [0.05, 0.1) is 0 Å². The van der Waals surface area contributed by atoms with Gasteiger partial charge in [-0.1, -0.05) is 6.08 Å². The van der Waals surface area contributed by atoms with E-state index in [1.54, 1.807) is 6.08 Å². The highest BCUT2D eigenvalue weighted by molar-refractivity contribution is 5.49. The summed E-state index contributed by atoms with van der Waals surface area (Å²) in [6, 6.07) is 0. The number of rotatable bonds is 7. The summed E-state index contributed by atoms with van der Waals surface area (Å²) >= 11 is 0. The van der Waals surface area contributed by atoms with Gasteiger partial charge in [0.25, 0.3) is 0 Å². The molecule has 0 amide bonds. The van der Waals surface area contributed by atoms with E-state index < -0.39 is 0 Å². The maximum atomic E-state index is 10.1. The molecule has 0 aromatic rings. The van der Waals surface area contributed by atoms with Crippen LogP contribution in [0.4, 0.5) is 0 Å². The topological polar surface area (TPSA) is 69.1 Å². The summed E-state index contributed by atoms with van der Waals surface area (Å²) in [5.41, 5.74) is 11.1. The Balaban J connectivity index is 3.96. The molecule has 0 heterocycles. The minimum atomic E-state index is -0.322. The Morgan fingerprint density at radius 3 is 2.50 bits per heavy atom. The molecule has 0 saturated heterocycles. The number of hydrogen-bond donors (Lipinski definition) is 2. The zero-order chi connectivity index (χ0) is 9.45. The van der Waals surface area contributed by atoms with Crippen LogP contribution >= 0.6 is 0 Å². The fourth-order valence-corrected chi connectivity index (χ4v) is 1.25. The number of aldehydes is 1. The van der Waals surface area contributed by atoms with Gasteiger partial charge in [-0.3, -0.25) is 0 Å². The summed E-state index contributed by atoms with van der Waals surface area (Å²) in [4.78, 5) is 10.1. The second-order valence-electron chi connectivity index (χ2n) is 3.10. The van der Waals surface area contributed by atoms with Crippen LogP contribution in [0.1, 0.15) is 25.7 Å². The van der Waals surface area contributed by atoms with Crippen molar-refractivity contribution in [3.63, 3.8) is 0 Å². The third-order valence-corrected chi connectivity index (χ3v) is 1.95. The van der Waals surface area contributed by atoms with Crippen LogP contribution in [0.5, 0.6) is 0 Å². The van der Waals surface area contributed by atoms with Crippen molar-refractivity contribution in [1.29, 1.82) is 0 Å². The number of carbonyl (C=O) groups is 1. The van der Waals surface area contributed by atoms with Crippen LogP contribution in [-0.2, 0) is 4.79 Å². The third kappa shape index (κ3) is 4.26. The Morgan fingerprint density at radius 2 is 2.08 bits per heavy atom. The molecule has 0 aromatic carbocycles. The van der Waals surface area contributed by atoms with Crippen LogP contribution in [-0.4, -0.2) is 18.4 Å². The molecule has 4 N–H and O–H groups in total. The highest BCUT2D eigenvalue weighted by atomic mass is 16.1. The smallest absolute Gasteiger partial charge is 0.120 e. The van der Waals surface area contributed by atoms with Crippen molar-refractivity contribution in [2.45, 2.75) is 31.2 Å². The lowest BCUT2D eigenvalue weighted by Crippen LogP contribution is -2.41. The molecule has 0 radical (unpaired) electrons. The number of carbonyl (C=O) groups excluding carboxylic acids is 1. The van der Waals surface area contributed by atoms with Gasteiger partial charge < -0.3 is 16.3 Å². The van der Waals surface area contributed by atoms with Gasteiger partial charge in [-0.15, -0.1) is 6.58 Å². The Hall–Kier alpha value is -0.670. The van der Waals surface area contributed by atoms with Gasteiger partial charge in [0.2, 0.25) is 0 Å². The summed E-state index contributed by atoms with van der Waals surface area (Å²) in [5.74, 6) is 0. The molecule has 0 saturated carbocycles. The van der Waals surface area contributed by atoms with E-state index in [-0.39, 0.29) is 5.54 Å². The Kier molecular flexibility index (Phi) is 5.58. The van der Waals surface area contributed by atoms with Gasteiger partial charge in [-0.05, 0) is 25.8 Å². The molecule has 3 heteroatoms. The van der Waals surface area contributed by atoms with Crippen LogP contribution in [0, 0.1) is 0 Å². The number of nitrogens with two attached hydrogens (primary N) is 2. The highest BCUT2D eigenvalue weighted by Crippen LogP contribution is 2.17. The van der Waals surface area contributed by atoms with E-state index in [2.05, 4.69) is 6.58 Å². The van der Waals surface area contributed by atoms with Crippen molar-refractivity contribution in [1.82, 2.24) is 0 Å². The minimum absolute atomic E-state index is 0.322. The molecule has 3 nitrogen and oxygen atoms in total. The maximum absolute atomic E-state index is 10.1. The van der Waals surface area contributed by atoms with E-state index in [0.717, 1.165) is 19.1 Å². The second kappa shape index (κ2) is 5.91. The van der Waals surface area contributed by atoms with E-state index in [1.165, 1.54) is 0 Å². The fourth-order valence-electron chi connectivity index (χ4n) is 1.25. The van der Waals surface area contributed by atoms with Crippen molar-refractivity contribution < 1.29 is 4.79 Å². The minimum Gasteiger partial charge on any atom is -0.330 e. The third-order valence-electron chi connectivity index (χ3n) is 1.95. The predicted octanol–water partition coefficient (Wildman–Crippen LogP) is 0.588. The lowest BCUT2D eigenvalue weighted by atomic mass is 9.88. The normalized spacial score (nSPS) is 15.2. The molecule has 0 spiro atoms. The van der Waals surface area contributed by atoms with E-state index in [0.29, 0.717) is 19.4 Å². The molecule has 70 valence electrons. The van der Waals surface area contributed by atoms with Gasteiger partial charge in [-0.2, -0.15) is 0 Å². The Bertz CT molecular complexity index is 147. The molecule has 0 fully saturated rings. The molecule has 0 aromatic heterocycles.